The smallest absolute Gasteiger partial charge is 0.249 e. The molecule has 0 radical (unpaired) electrons. The van der Waals surface area contributed by atoms with E-state index in [1.54, 1.807) is 0 Å². The molecule has 0 aromatic heterocycles. The highest BCUT2D eigenvalue weighted by atomic mass is 16.3. The molecule has 0 spiro atoms. The van der Waals surface area contributed by atoms with Crippen molar-refractivity contribution >= 4 is 5.91 Å². The Kier molecular flexibility index (Phi) is 48.8. The average Bonchev–Trinajstić information content (AvgIpc) is 3.26. The number of aliphatic hydroxyl groups is 4. The van der Waals surface area contributed by atoms with E-state index in [2.05, 4.69) is 43.5 Å². The summed E-state index contributed by atoms with van der Waals surface area (Å²) in [6.07, 6.45) is 59.8. The van der Waals surface area contributed by atoms with Gasteiger partial charge in [0.25, 0.3) is 0 Å². The van der Waals surface area contributed by atoms with E-state index in [4.69, 9.17) is 0 Å². The van der Waals surface area contributed by atoms with Gasteiger partial charge >= 0.3 is 0 Å². The van der Waals surface area contributed by atoms with Gasteiger partial charge in [-0.1, -0.05) is 263 Å². The van der Waals surface area contributed by atoms with Gasteiger partial charge in [0.05, 0.1) is 18.8 Å². The predicted molar refractivity (Wildman–Crippen MR) is 265 cm³/mol. The molecule has 0 heterocycles. The number of unbranched alkanes of at least 4 members (excludes halogenated alkanes) is 37. The molecule has 362 valence electrons. The van der Waals surface area contributed by atoms with Gasteiger partial charge in [-0.2, -0.15) is 0 Å². The van der Waals surface area contributed by atoms with Crippen molar-refractivity contribution in [3.05, 3.63) is 24.3 Å². The minimum atomic E-state index is -1.29. The van der Waals surface area contributed by atoms with Crippen molar-refractivity contribution < 1.29 is 25.2 Å². The van der Waals surface area contributed by atoms with Gasteiger partial charge in [0.15, 0.2) is 0 Å². The molecule has 6 heteroatoms. The van der Waals surface area contributed by atoms with Crippen molar-refractivity contribution in [1.82, 2.24) is 5.32 Å². The van der Waals surface area contributed by atoms with Crippen LogP contribution >= 0.6 is 0 Å². The van der Waals surface area contributed by atoms with Crippen LogP contribution < -0.4 is 5.32 Å². The third-order valence-corrected chi connectivity index (χ3v) is 12.9. The van der Waals surface area contributed by atoms with Gasteiger partial charge in [-0.05, 0) is 51.4 Å². The fourth-order valence-electron chi connectivity index (χ4n) is 8.60. The lowest BCUT2D eigenvalue weighted by molar-refractivity contribution is -0.132. The van der Waals surface area contributed by atoms with E-state index < -0.39 is 36.9 Å². The maximum atomic E-state index is 12.5. The van der Waals surface area contributed by atoms with E-state index >= 15 is 0 Å². The quantitative estimate of drug-likeness (QED) is 0.0309. The summed E-state index contributed by atoms with van der Waals surface area (Å²) in [5.74, 6) is -0.595. The van der Waals surface area contributed by atoms with E-state index in [1.165, 1.54) is 218 Å². The number of hydrogen-bond acceptors (Lipinski definition) is 5. The zero-order valence-electron chi connectivity index (χ0n) is 40.9. The minimum absolute atomic E-state index is 0.363. The Hall–Kier alpha value is -1.21. The second-order valence-corrected chi connectivity index (χ2v) is 18.9. The predicted octanol–water partition coefficient (Wildman–Crippen LogP) is 15.5. The molecule has 0 aliphatic rings. The third kappa shape index (κ3) is 43.8. The van der Waals surface area contributed by atoms with Gasteiger partial charge in [0.2, 0.25) is 5.91 Å². The molecule has 0 aromatic carbocycles. The number of hydrogen-bond donors (Lipinski definition) is 5. The van der Waals surface area contributed by atoms with E-state index in [9.17, 15) is 25.2 Å². The molecule has 0 aromatic rings. The standard InChI is InChI=1S/C55H107NO5/c1-3-5-7-9-11-13-15-17-18-19-20-21-22-23-24-25-26-27-28-29-30-31-32-33-34-35-37-38-40-42-44-46-48-52(58)54(60)51(50-57)56-55(61)53(59)49-47-45-43-41-39-36-16-14-12-10-8-6-4-2/h34-35,40,42,51-54,57-60H,3-33,36-39,41,43-50H2,1-2H3,(H,56,61)/b35-34+,42-40+. The molecule has 0 aliphatic carbocycles. The lowest BCUT2D eigenvalue weighted by atomic mass is 10.00. The SMILES string of the molecule is CCCCCCCCCCCCCCCCCCCCCCCCC/C=C/CC/C=C/CCCC(O)C(O)C(CO)NC(=O)C(O)CCCCCCCCCCCCCCC. The average molecular weight is 862 g/mol. The Morgan fingerprint density at radius 1 is 0.393 bits per heavy atom. The van der Waals surface area contributed by atoms with Crippen LogP contribution in [0.5, 0.6) is 0 Å². The Morgan fingerprint density at radius 3 is 1.03 bits per heavy atom. The van der Waals surface area contributed by atoms with E-state index in [0.29, 0.717) is 19.3 Å². The maximum Gasteiger partial charge on any atom is 0.249 e. The molecule has 4 unspecified atom stereocenters. The molecule has 0 saturated heterocycles. The molecular weight excluding hydrogens is 755 g/mol. The molecule has 1 amide bonds. The molecule has 5 N–H and O–H groups in total. The van der Waals surface area contributed by atoms with E-state index in [0.717, 1.165) is 38.5 Å². The fraction of sp³-hybridized carbons (Fsp3) is 0.909. The van der Waals surface area contributed by atoms with Crippen molar-refractivity contribution in [2.45, 2.75) is 314 Å². The molecule has 0 fully saturated rings. The summed E-state index contributed by atoms with van der Waals surface area (Å²) in [5, 5.41) is 43.8. The number of nitrogens with one attached hydrogen (secondary N) is 1. The molecular formula is C55H107NO5. The normalized spacial score (nSPS) is 14.0. The first-order chi connectivity index (χ1) is 30.0. The summed E-state index contributed by atoms with van der Waals surface area (Å²) in [7, 11) is 0. The van der Waals surface area contributed by atoms with Gasteiger partial charge in [-0.15, -0.1) is 0 Å². The number of carbonyl (C=O) groups excluding carboxylic acids is 1. The lowest BCUT2D eigenvalue weighted by Crippen LogP contribution is -2.53. The fourth-order valence-corrected chi connectivity index (χ4v) is 8.60. The number of allylic oxidation sites excluding steroid dienone is 4. The highest BCUT2D eigenvalue weighted by Crippen LogP contribution is 2.17. The number of amides is 1. The summed E-state index contributed by atoms with van der Waals surface area (Å²) in [6.45, 7) is 4.05. The van der Waals surface area contributed by atoms with Gasteiger partial charge in [-0.3, -0.25) is 4.79 Å². The second kappa shape index (κ2) is 49.8. The van der Waals surface area contributed by atoms with Crippen molar-refractivity contribution in [2.24, 2.45) is 0 Å². The summed E-state index contributed by atoms with van der Waals surface area (Å²) in [6, 6.07) is -1.01. The highest BCUT2D eigenvalue weighted by Gasteiger charge is 2.28. The Labute approximate surface area is 380 Å². The molecule has 0 rings (SSSR count). The van der Waals surface area contributed by atoms with Crippen molar-refractivity contribution in [1.29, 1.82) is 0 Å². The first-order valence-electron chi connectivity index (χ1n) is 27.2. The molecule has 6 nitrogen and oxygen atoms in total. The molecule has 61 heavy (non-hydrogen) atoms. The molecule has 0 aliphatic heterocycles. The van der Waals surface area contributed by atoms with Crippen LogP contribution in [0.25, 0.3) is 0 Å². The molecule has 0 bridgehead atoms. The van der Waals surface area contributed by atoms with Crippen molar-refractivity contribution in [3.63, 3.8) is 0 Å². The monoisotopic (exact) mass is 862 g/mol. The second-order valence-electron chi connectivity index (χ2n) is 18.9. The molecule has 0 saturated carbocycles. The van der Waals surface area contributed by atoms with Crippen LogP contribution in [0, 0.1) is 0 Å². The van der Waals surface area contributed by atoms with Gasteiger partial charge in [0.1, 0.15) is 12.2 Å². The number of rotatable bonds is 50. The van der Waals surface area contributed by atoms with E-state index in [-0.39, 0.29) is 0 Å². The number of carbonyl (C=O) groups is 1. The van der Waals surface area contributed by atoms with Crippen LogP contribution in [0.2, 0.25) is 0 Å². The Bertz CT molecular complexity index is 924. The van der Waals surface area contributed by atoms with Crippen LogP contribution in [0.4, 0.5) is 0 Å². The van der Waals surface area contributed by atoms with E-state index in [1.807, 2.05) is 0 Å². The Balaban J connectivity index is 3.62. The maximum absolute atomic E-state index is 12.5. The summed E-state index contributed by atoms with van der Waals surface area (Å²) in [4.78, 5) is 12.5. The largest absolute Gasteiger partial charge is 0.394 e. The summed E-state index contributed by atoms with van der Waals surface area (Å²) in [5.41, 5.74) is 0. The van der Waals surface area contributed by atoms with Crippen LogP contribution in [-0.2, 0) is 4.79 Å². The van der Waals surface area contributed by atoms with Crippen LogP contribution in [0.3, 0.4) is 0 Å². The van der Waals surface area contributed by atoms with Crippen LogP contribution in [0.1, 0.15) is 290 Å². The number of aliphatic hydroxyl groups excluding tert-OH is 4. The zero-order chi connectivity index (χ0) is 44.5. The lowest BCUT2D eigenvalue weighted by Gasteiger charge is -2.27. The van der Waals surface area contributed by atoms with Crippen LogP contribution in [-0.4, -0.2) is 57.3 Å². The highest BCUT2D eigenvalue weighted by molar-refractivity contribution is 5.80. The van der Waals surface area contributed by atoms with Crippen LogP contribution in [0.15, 0.2) is 24.3 Å². The summed E-state index contributed by atoms with van der Waals surface area (Å²) >= 11 is 0. The molecule has 4 atom stereocenters. The Morgan fingerprint density at radius 2 is 0.689 bits per heavy atom. The topological polar surface area (TPSA) is 110 Å². The zero-order valence-corrected chi connectivity index (χ0v) is 40.9. The van der Waals surface area contributed by atoms with Crippen molar-refractivity contribution in [3.8, 4) is 0 Å². The minimum Gasteiger partial charge on any atom is -0.394 e. The van der Waals surface area contributed by atoms with Gasteiger partial charge < -0.3 is 25.7 Å². The van der Waals surface area contributed by atoms with Crippen molar-refractivity contribution in [2.75, 3.05) is 6.61 Å². The van der Waals surface area contributed by atoms with Gasteiger partial charge in [0, 0.05) is 0 Å². The summed E-state index contributed by atoms with van der Waals surface area (Å²) < 4.78 is 0. The third-order valence-electron chi connectivity index (χ3n) is 12.9. The first-order valence-corrected chi connectivity index (χ1v) is 27.2. The van der Waals surface area contributed by atoms with Gasteiger partial charge in [-0.25, -0.2) is 0 Å². The first kappa shape index (κ1) is 59.8.